The highest BCUT2D eigenvalue weighted by Gasteiger charge is 2.16. The number of hydrogen-bond acceptors (Lipinski definition) is 3. The third-order valence-corrected chi connectivity index (χ3v) is 3.47. The first-order valence-corrected chi connectivity index (χ1v) is 6.69. The first-order valence-electron chi connectivity index (χ1n) is 6.69. The molecule has 1 N–H and O–H groups in total. The van der Waals surface area contributed by atoms with Crippen molar-refractivity contribution in [3.8, 4) is 28.4 Å². The van der Waals surface area contributed by atoms with Gasteiger partial charge < -0.3 is 9.94 Å². The molecule has 0 unspecified atom stereocenters. The van der Waals surface area contributed by atoms with E-state index in [1.165, 1.54) is 0 Å². The summed E-state index contributed by atoms with van der Waals surface area (Å²) in [5.41, 5.74) is 3.32. The maximum Gasteiger partial charge on any atom is 0.176 e. The Kier molecular flexibility index (Phi) is 3.36. The van der Waals surface area contributed by atoms with Gasteiger partial charge in [0.15, 0.2) is 5.82 Å². The van der Waals surface area contributed by atoms with Gasteiger partial charge in [0.05, 0.1) is 18.5 Å². The zero-order chi connectivity index (χ0) is 14.8. The predicted molar refractivity (Wildman–Crippen MR) is 81.6 cm³/mol. The second-order valence-corrected chi connectivity index (χ2v) is 4.78. The molecule has 3 rings (SSSR count). The third-order valence-electron chi connectivity index (χ3n) is 3.47. The van der Waals surface area contributed by atoms with Crippen molar-refractivity contribution in [3.63, 3.8) is 0 Å². The summed E-state index contributed by atoms with van der Waals surface area (Å²) < 4.78 is 6.27. The van der Waals surface area contributed by atoms with Gasteiger partial charge in [-0.05, 0) is 31.2 Å². The first kappa shape index (κ1) is 13.2. The molecule has 21 heavy (non-hydrogen) atoms. The smallest absolute Gasteiger partial charge is 0.176 e. The number of aromatic nitrogens is 2. The molecule has 0 radical (unpaired) electrons. The molecule has 0 aliphatic rings. The number of benzene rings is 2. The summed E-state index contributed by atoms with van der Waals surface area (Å²) in [4.78, 5) is 4.58. The van der Waals surface area contributed by atoms with Gasteiger partial charge in [-0.3, -0.25) is 0 Å². The van der Waals surface area contributed by atoms with Gasteiger partial charge in [-0.25, -0.2) is 4.98 Å². The van der Waals surface area contributed by atoms with Crippen LogP contribution in [0.1, 0.15) is 5.69 Å². The number of ether oxygens (including phenoxy) is 1. The molecule has 1 aromatic heterocycles. The SMILES string of the molecule is COc1ccc(-c2nc(-c3ccccc3)c(C)n2O)cc1. The Morgan fingerprint density at radius 2 is 1.62 bits per heavy atom. The minimum atomic E-state index is 0.522. The summed E-state index contributed by atoms with van der Waals surface area (Å²) in [7, 11) is 1.62. The van der Waals surface area contributed by atoms with Crippen LogP contribution in [-0.2, 0) is 0 Å². The fraction of sp³-hybridized carbons (Fsp3) is 0.118. The van der Waals surface area contributed by atoms with Crippen LogP contribution in [0, 0.1) is 6.92 Å². The summed E-state index contributed by atoms with van der Waals surface area (Å²) in [6.07, 6.45) is 0. The Bertz CT molecular complexity index is 746. The summed E-state index contributed by atoms with van der Waals surface area (Å²) in [5, 5.41) is 10.3. The average molecular weight is 280 g/mol. The molecule has 0 bridgehead atoms. The number of hydrogen-bond donors (Lipinski definition) is 1. The lowest BCUT2D eigenvalue weighted by Crippen LogP contribution is -1.96. The van der Waals surface area contributed by atoms with Crippen molar-refractivity contribution in [2.45, 2.75) is 6.92 Å². The van der Waals surface area contributed by atoms with E-state index in [2.05, 4.69) is 4.98 Å². The molecule has 0 atom stereocenters. The summed E-state index contributed by atoms with van der Waals surface area (Å²) in [6, 6.07) is 17.3. The van der Waals surface area contributed by atoms with Crippen LogP contribution in [0.25, 0.3) is 22.6 Å². The zero-order valence-electron chi connectivity index (χ0n) is 11.9. The summed E-state index contributed by atoms with van der Waals surface area (Å²) in [5.74, 6) is 1.30. The van der Waals surface area contributed by atoms with Gasteiger partial charge in [-0.1, -0.05) is 30.3 Å². The molecule has 4 nitrogen and oxygen atoms in total. The van der Waals surface area contributed by atoms with Crippen molar-refractivity contribution in [1.29, 1.82) is 0 Å². The minimum absolute atomic E-state index is 0.522. The molecule has 0 aliphatic carbocycles. The lowest BCUT2D eigenvalue weighted by atomic mass is 10.1. The molecule has 2 aromatic carbocycles. The van der Waals surface area contributed by atoms with Crippen molar-refractivity contribution >= 4 is 0 Å². The second kappa shape index (κ2) is 5.32. The average Bonchev–Trinajstić information content (AvgIpc) is 2.84. The lowest BCUT2D eigenvalue weighted by molar-refractivity contribution is 0.185. The van der Waals surface area contributed by atoms with Crippen molar-refractivity contribution in [3.05, 3.63) is 60.3 Å². The fourth-order valence-electron chi connectivity index (χ4n) is 2.29. The summed E-state index contributed by atoms with van der Waals surface area (Å²) in [6.45, 7) is 1.85. The van der Waals surface area contributed by atoms with Crippen molar-refractivity contribution in [1.82, 2.24) is 9.71 Å². The molecule has 1 heterocycles. The quantitative estimate of drug-likeness (QED) is 0.743. The van der Waals surface area contributed by atoms with Crippen LogP contribution in [0.15, 0.2) is 54.6 Å². The predicted octanol–water partition coefficient (Wildman–Crippen LogP) is 3.77. The highest BCUT2D eigenvalue weighted by molar-refractivity contribution is 5.67. The highest BCUT2D eigenvalue weighted by atomic mass is 16.5. The molecule has 0 saturated heterocycles. The molecular weight excluding hydrogens is 264 g/mol. The molecule has 106 valence electrons. The largest absolute Gasteiger partial charge is 0.497 e. The van der Waals surface area contributed by atoms with E-state index >= 15 is 0 Å². The molecule has 0 saturated carbocycles. The molecule has 0 spiro atoms. The Balaban J connectivity index is 2.08. The molecule has 0 aliphatic heterocycles. The Morgan fingerprint density at radius 1 is 0.952 bits per heavy atom. The van der Waals surface area contributed by atoms with Gasteiger partial charge in [0.2, 0.25) is 0 Å². The van der Waals surface area contributed by atoms with Gasteiger partial charge in [0.25, 0.3) is 0 Å². The van der Waals surface area contributed by atoms with E-state index in [0.29, 0.717) is 11.5 Å². The monoisotopic (exact) mass is 280 g/mol. The lowest BCUT2D eigenvalue weighted by Gasteiger charge is -2.03. The molecule has 0 amide bonds. The number of methoxy groups -OCH3 is 1. The van der Waals surface area contributed by atoms with E-state index in [9.17, 15) is 5.21 Å². The molecule has 4 heteroatoms. The second-order valence-electron chi connectivity index (χ2n) is 4.78. The molecule has 0 fully saturated rings. The van der Waals surface area contributed by atoms with Gasteiger partial charge in [0, 0.05) is 11.1 Å². The Morgan fingerprint density at radius 3 is 2.24 bits per heavy atom. The maximum atomic E-state index is 10.3. The van der Waals surface area contributed by atoms with Gasteiger partial charge in [-0.15, -0.1) is 0 Å². The fourth-order valence-corrected chi connectivity index (χ4v) is 2.29. The van der Waals surface area contributed by atoms with Crippen LogP contribution >= 0.6 is 0 Å². The van der Waals surface area contributed by atoms with Crippen molar-refractivity contribution in [2.24, 2.45) is 0 Å². The van der Waals surface area contributed by atoms with Gasteiger partial charge >= 0.3 is 0 Å². The van der Waals surface area contributed by atoms with E-state index < -0.39 is 0 Å². The van der Waals surface area contributed by atoms with Gasteiger partial charge in [-0.2, -0.15) is 4.73 Å². The maximum absolute atomic E-state index is 10.3. The van der Waals surface area contributed by atoms with Crippen LogP contribution in [0.5, 0.6) is 5.75 Å². The highest BCUT2D eigenvalue weighted by Crippen LogP contribution is 2.28. The Hall–Kier alpha value is -2.75. The van der Waals surface area contributed by atoms with E-state index in [1.807, 2.05) is 61.5 Å². The minimum Gasteiger partial charge on any atom is -0.497 e. The zero-order valence-corrected chi connectivity index (χ0v) is 11.9. The van der Waals surface area contributed by atoms with Crippen LogP contribution in [0.2, 0.25) is 0 Å². The summed E-state index contributed by atoms with van der Waals surface area (Å²) >= 11 is 0. The number of nitrogens with zero attached hydrogens (tertiary/aromatic N) is 2. The molecule has 3 aromatic rings. The standard InChI is InChI=1S/C17H16N2O2/c1-12-16(13-6-4-3-5-7-13)18-17(19(12)20)14-8-10-15(21-2)11-9-14/h3-11,20H,1-2H3. The van der Waals surface area contributed by atoms with Crippen molar-refractivity contribution < 1.29 is 9.94 Å². The van der Waals surface area contributed by atoms with Crippen LogP contribution in [0.4, 0.5) is 0 Å². The normalized spacial score (nSPS) is 10.6. The van der Waals surface area contributed by atoms with E-state index in [1.54, 1.807) is 7.11 Å². The Labute approximate surface area is 123 Å². The van der Waals surface area contributed by atoms with Gasteiger partial charge in [0.1, 0.15) is 5.75 Å². The van der Waals surface area contributed by atoms with Crippen LogP contribution < -0.4 is 4.74 Å². The topological polar surface area (TPSA) is 47.3 Å². The van der Waals surface area contributed by atoms with E-state index in [0.717, 1.165) is 27.3 Å². The third kappa shape index (κ3) is 2.36. The molecular formula is C17H16N2O2. The number of imidazole rings is 1. The van der Waals surface area contributed by atoms with Crippen LogP contribution in [0.3, 0.4) is 0 Å². The van der Waals surface area contributed by atoms with Crippen molar-refractivity contribution in [2.75, 3.05) is 7.11 Å². The first-order chi connectivity index (χ1) is 10.2. The number of rotatable bonds is 3. The van der Waals surface area contributed by atoms with E-state index in [-0.39, 0.29) is 0 Å². The van der Waals surface area contributed by atoms with E-state index in [4.69, 9.17) is 4.74 Å². The van der Waals surface area contributed by atoms with Crippen LogP contribution in [-0.4, -0.2) is 22.0 Å².